The van der Waals surface area contributed by atoms with E-state index in [9.17, 15) is 4.79 Å². The number of hydrogen-bond donors (Lipinski definition) is 1. The summed E-state index contributed by atoms with van der Waals surface area (Å²) in [4.78, 5) is 21.5. The molecule has 1 saturated heterocycles. The highest BCUT2D eigenvalue weighted by Gasteiger charge is 2.21. The Hall–Kier alpha value is -2.45. The summed E-state index contributed by atoms with van der Waals surface area (Å²) in [6.07, 6.45) is 1.64. The lowest BCUT2D eigenvalue weighted by Gasteiger charge is -2.22. The molecular formula is C21H22BrN5OS. The minimum atomic E-state index is -0.0687. The van der Waals surface area contributed by atoms with Gasteiger partial charge in [0, 0.05) is 48.6 Å². The molecule has 2 amide bonds. The van der Waals surface area contributed by atoms with Crippen molar-refractivity contribution in [2.24, 2.45) is 0 Å². The fourth-order valence-corrected chi connectivity index (χ4v) is 4.41. The van der Waals surface area contributed by atoms with Gasteiger partial charge in [0.25, 0.3) is 0 Å². The summed E-state index contributed by atoms with van der Waals surface area (Å²) >= 11 is 4.91. The Morgan fingerprint density at radius 3 is 2.66 bits per heavy atom. The van der Waals surface area contributed by atoms with E-state index in [-0.39, 0.29) is 6.03 Å². The third kappa shape index (κ3) is 5.13. The fraction of sp³-hybridized carbons (Fsp3) is 0.286. The zero-order valence-corrected chi connectivity index (χ0v) is 18.3. The molecule has 2 aromatic carbocycles. The maximum Gasteiger partial charge on any atom is 0.321 e. The van der Waals surface area contributed by atoms with E-state index in [1.165, 1.54) is 17.1 Å². The average molecular weight is 472 g/mol. The molecule has 6 nitrogen and oxygen atoms in total. The van der Waals surface area contributed by atoms with Crippen molar-refractivity contribution in [2.75, 3.05) is 36.4 Å². The van der Waals surface area contributed by atoms with E-state index in [2.05, 4.69) is 42.7 Å². The first-order valence-electron chi connectivity index (χ1n) is 9.61. The van der Waals surface area contributed by atoms with Gasteiger partial charge in [-0.1, -0.05) is 42.5 Å². The topological polar surface area (TPSA) is 61.4 Å². The molecule has 1 aliphatic rings. The number of carbonyl (C=O) groups excluding carboxylic acids is 1. The molecular weight excluding hydrogens is 450 g/mol. The van der Waals surface area contributed by atoms with Crippen molar-refractivity contribution >= 4 is 44.3 Å². The van der Waals surface area contributed by atoms with Crippen LogP contribution >= 0.6 is 27.5 Å². The number of aromatic nitrogens is 2. The normalized spacial score (nSPS) is 14.5. The maximum atomic E-state index is 12.7. The smallest absolute Gasteiger partial charge is 0.321 e. The van der Waals surface area contributed by atoms with Crippen LogP contribution in [-0.2, 0) is 6.42 Å². The molecule has 0 spiro atoms. The third-order valence-corrected chi connectivity index (χ3v) is 6.34. The van der Waals surface area contributed by atoms with E-state index < -0.39 is 0 Å². The summed E-state index contributed by atoms with van der Waals surface area (Å²) in [7, 11) is 0. The van der Waals surface area contributed by atoms with Gasteiger partial charge >= 0.3 is 6.03 Å². The molecule has 0 aliphatic carbocycles. The van der Waals surface area contributed by atoms with Crippen LogP contribution in [0.1, 0.15) is 17.8 Å². The largest absolute Gasteiger partial charge is 0.345 e. The molecule has 0 radical (unpaired) electrons. The molecule has 2 heterocycles. The number of carbonyl (C=O) groups is 1. The highest BCUT2D eigenvalue weighted by molar-refractivity contribution is 9.10. The number of para-hydroxylation sites is 1. The van der Waals surface area contributed by atoms with Crippen molar-refractivity contribution in [3.63, 3.8) is 0 Å². The standard InChI is InChI=1S/C21H22BrN5OS/c22-17-9-4-5-10-18(17)23-20(28)26-11-6-12-27(14-13-26)21-24-19(25-29-21)15-16-7-2-1-3-8-16/h1-5,7-10H,6,11-15H2,(H,23,28). The molecule has 4 rings (SSSR count). The Morgan fingerprint density at radius 1 is 1.03 bits per heavy atom. The number of hydrogen-bond acceptors (Lipinski definition) is 5. The summed E-state index contributed by atoms with van der Waals surface area (Å²) in [6, 6.07) is 17.8. The van der Waals surface area contributed by atoms with Gasteiger partial charge in [0.1, 0.15) is 5.82 Å². The Morgan fingerprint density at radius 2 is 1.83 bits per heavy atom. The molecule has 150 valence electrons. The molecule has 1 aliphatic heterocycles. The zero-order chi connectivity index (χ0) is 20.1. The molecule has 1 aromatic heterocycles. The van der Waals surface area contributed by atoms with Crippen LogP contribution in [0.5, 0.6) is 0 Å². The number of amides is 2. The lowest BCUT2D eigenvalue weighted by atomic mass is 10.1. The zero-order valence-electron chi connectivity index (χ0n) is 15.9. The molecule has 8 heteroatoms. The second-order valence-corrected chi connectivity index (χ2v) is 8.48. The van der Waals surface area contributed by atoms with Crippen LogP contribution < -0.4 is 10.2 Å². The van der Waals surface area contributed by atoms with Gasteiger partial charge in [-0.05, 0) is 40.0 Å². The van der Waals surface area contributed by atoms with Crippen LogP contribution in [0.25, 0.3) is 0 Å². The second-order valence-electron chi connectivity index (χ2n) is 6.89. The molecule has 1 N–H and O–H groups in total. The first kappa shape index (κ1) is 19.8. The van der Waals surface area contributed by atoms with Gasteiger partial charge in [0.15, 0.2) is 0 Å². The number of benzene rings is 2. The molecule has 0 bridgehead atoms. The Bertz CT molecular complexity index is 964. The number of nitrogens with one attached hydrogen (secondary N) is 1. The van der Waals surface area contributed by atoms with Gasteiger partial charge < -0.3 is 15.1 Å². The quantitative estimate of drug-likeness (QED) is 0.601. The van der Waals surface area contributed by atoms with Crippen molar-refractivity contribution in [2.45, 2.75) is 12.8 Å². The highest BCUT2D eigenvalue weighted by Crippen LogP contribution is 2.23. The minimum absolute atomic E-state index is 0.0687. The predicted molar refractivity (Wildman–Crippen MR) is 121 cm³/mol. The first-order valence-corrected chi connectivity index (χ1v) is 11.2. The fourth-order valence-electron chi connectivity index (χ4n) is 3.29. The van der Waals surface area contributed by atoms with E-state index in [0.717, 1.165) is 53.6 Å². The summed E-state index contributed by atoms with van der Waals surface area (Å²) in [5.41, 5.74) is 2.00. The van der Waals surface area contributed by atoms with Gasteiger partial charge in [-0.25, -0.2) is 9.78 Å². The van der Waals surface area contributed by atoms with Gasteiger partial charge in [0.2, 0.25) is 5.13 Å². The predicted octanol–water partition coefficient (Wildman–Crippen LogP) is 4.64. The van der Waals surface area contributed by atoms with E-state index >= 15 is 0 Å². The molecule has 29 heavy (non-hydrogen) atoms. The minimum Gasteiger partial charge on any atom is -0.345 e. The maximum absolute atomic E-state index is 12.7. The van der Waals surface area contributed by atoms with Crippen molar-refractivity contribution in [3.8, 4) is 0 Å². The molecule has 0 unspecified atom stereocenters. The van der Waals surface area contributed by atoms with Gasteiger partial charge in [-0.3, -0.25) is 0 Å². The first-order chi connectivity index (χ1) is 14.2. The Balaban J connectivity index is 1.35. The Labute approximate surface area is 182 Å². The Kier molecular flexibility index (Phi) is 6.41. The summed E-state index contributed by atoms with van der Waals surface area (Å²) < 4.78 is 5.41. The highest BCUT2D eigenvalue weighted by atomic mass is 79.9. The van der Waals surface area contributed by atoms with E-state index in [0.29, 0.717) is 6.54 Å². The van der Waals surface area contributed by atoms with E-state index in [4.69, 9.17) is 4.98 Å². The van der Waals surface area contributed by atoms with Crippen LogP contribution in [0.3, 0.4) is 0 Å². The van der Waals surface area contributed by atoms with Crippen molar-refractivity contribution in [3.05, 3.63) is 70.5 Å². The van der Waals surface area contributed by atoms with Crippen LogP contribution in [0.4, 0.5) is 15.6 Å². The molecule has 0 saturated carbocycles. The van der Waals surface area contributed by atoms with Crippen molar-refractivity contribution < 1.29 is 4.79 Å². The lowest BCUT2D eigenvalue weighted by molar-refractivity contribution is 0.215. The second kappa shape index (κ2) is 9.37. The molecule has 1 fully saturated rings. The number of nitrogens with zero attached hydrogens (tertiary/aromatic N) is 4. The van der Waals surface area contributed by atoms with Crippen molar-refractivity contribution in [1.29, 1.82) is 0 Å². The van der Waals surface area contributed by atoms with Gasteiger partial charge in [-0.15, -0.1) is 0 Å². The van der Waals surface area contributed by atoms with Gasteiger partial charge in [0.05, 0.1) is 5.69 Å². The number of anilines is 2. The number of rotatable bonds is 4. The number of halogens is 1. The molecule has 3 aromatic rings. The van der Waals surface area contributed by atoms with Crippen LogP contribution in [-0.4, -0.2) is 46.5 Å². The SMILES string of the molecule is O=C(Nc1ccccc1Br)N1CCCN(c2nc(Cc3ccccc3)ns2)CC1. The van der Waals surface area contributed by atoms with Crippen molar-refractivity contribution in [1.82, 2.24) is 14.3 Å². The summed E-state index contributed by atoms with van der Waals surface area (Å²) in [5, 5.41) is 3.92. The molecule has 0 atom stereocenters. The van der Waals surface area contributed by atoms with Gasteiger partial charge in [-0.2, -0.15) is 4.37 Å². The summed E-state index contributed by atoms with van der Waals surface area (Å²) in [5.74, 6) is 0.851. The third-order valence-electron chi connectivity index (χ3n) is 4.83. The van der Waals surface area contributed by atoms with Crippen LogP contribution in [0.2, 0.25) is 0 Å². The average Bonchev–Trinajstić information content (AvgIpc) is 3.05. The monoisotopic (exact) mass is 471 g/mol. The van der Waals surface area contributed by atoms with E-state index in [1.54, 1.807) is 0 Å². The lowest BCUT2D eigenvalue weighted by Crippen LogP contribution is -2.38. The van der Waals surface area contributed by atoms with E-state index in [1.807, 2.05) is 47.4 Å². The number of urea groups is 1. The van der Waals surface area contributed by atoms with Crippen LogP contribution in [0.15, 0.2) is 59.1 Å². The van der Waals surface area contributed by atoms with Crippen LogP contribution in [0, 0.1) is 0 Å². The summed E-state index contributed by atoms with van der Waals surface area (Å²) in [6.45, 7) is 3.01.